The first-order chi connectivity index (χ1) is 5.93. The van der Waals surface area contributed by atoms with E-state index in [2.05, 4.69) is 6.07 Å². The maximum absolute atomic E-state index is 8.32. The summed E-state index contributed by atoms with van der Waals surface area (Å²) in [6.45, 7) is 1.85. The summed E-state index contributed by atoms with van der Waals surface area (Å²) in [4.78, 5) is 0. The zero-order valence-electron chi connectivity index (χ0n) is 7.29. The van der Waals surface area contributed by atoms with Crippen molar-refractivity contribution in [1.29, 1.82) is 5.26 Å². The molecule has 2 nitrogen and oxygen atoms in total. The third-order valence-corrected chi connectivity index (χ3v) is 3.42. The number of unbranched alkanes of at least 4 members (excludes halogenated alkanes) is 1. The minimum atomic E-state index is 0.705. The van der Waals surface area contributed by atoms with Gasteiger partial charge in [0.15, 0.2) is 0 Å². The van der Waals surface area contributed by atoms with E-state index in [0.29, 0.717) is 6.42 Å². The Hall–Kier alpha value is -0.200. The van der Waals surface area contributed by atoms with Crippen molar-refractivity contribution in [2.75, 3.05) is 19.0 Å². The van der Waals surface area contributed by atoms with Gasteiger partial charge in [0.2, 0.25) is 0 Å². The SMILES string of the molecule is N#CCCCSC1CCOCC1. The highest BCUT2D eigenvalue weighted by atomic mass is 32.2. The number of hydrogen-bond acceptors (Lipinski definition) is 3. The van der Waals surface area contributed by atoms with Crippen molar-refractivity contribution in [3.05, 3.63) is 0 Å². The average molecular weight is 185 g/mol. The van der Waals surface area contributed by atoms with Gasteiger partial charge in [0.05, 0.1) is 6.07 Å². The molecule has 0 saturated carbocycles. The molecule has 1 rings (SSSR count). The molecule has 0 unspecified atom stereocenters. The van der Waals surface area contributed by atoms with Gasteiger partial charge in [-0.15, -0.1) is 0 Å². The Balaban J connectivity index is 1.95. The first-order valence-corrected chi connectivity index (χ1v) is 5.54. The standard InChI is InChI=1S/C9H15NOS/c10-5-1-2-8-12-9-3-6-11-7-4-9/h9H,1-4,6-8H2. The molecule has 0 aromatic heterocycles. The van der Waals surface area contributed by atoms with Crippen molar-refractivity contribution in [3.8, 4) is 6.07 Å². The van der Waals surface area contributed by atoms with Crippen LogP contribution in [-0.4, -0.2) is 24.2 Å². The predicted octanol–water partition coefficient (Wildman–Crippen LogP) is 2.20. The smallest absolute Gasteiger partial charge is 0.0622 e. The highest BCUT2D eigenvalue weighted by Crippen LogP contribution is 2.22. The van der Waals surface area contributed by atoms with Gasteiger partial charge in [0.1, 0.15) is 0 Å². The first kappa shape index (κ1) is 9.88. The lowest BCUT2D eigenvalue weighted by Crippen LogP contribution is -2.17. The molecule has 1 fully saturated rings. The van der Waals surface area contributed by atoms with Gasteiger partial charge < -0.3 is 4.74 Å². The second kappa shape index (κ2) is 6.33. The summed E-state index contributed by atoms with van der Waals surface area (Å²) in [6.07, 6.45) is 4.13. The Morgan fingerprint density at radius 1 is 1.42 bits per heavy atom. The molecular formula is C9H15NOS. The molecule has 0 aromatic carbocycles. The van der Waals surface area contributed by atoms with E-state index in [1.165, 1.54) is 12.8 Å². The molecule has 12 heavy (non-hydrogen) atoms. The molecule has 0 radical (unpaired) electrons. The van der Waals surface area contributed by atoms with E-state index in [1.54, 1.807) is 0 Å². The minimum absolute atomic E-state index is 0.705. The second-order valence-corrected chi connectivity index (χ2v) is 4.35. The molecule has 0 spiro atoms. The van der Waals surface area contributed by atoms with Gasteiger partial charge in [0, 0.05) is 24.9 Å². The fourth-order valence-corrected chi connectivity index (χ4v) is 2.41. The lowest BCUT2D eigenvalue weighted by atomic mass is 10.2. The van der Waals surface area contributed by atoms with E-state index in [1.807, 2.05) is 11.8 Å². The molecule has 68 valence electrons. The van der Waals surface area contributed by atoms with Crippen LogP contribution in [0.4, 0.5) is 0 Å². The normalized spacial score (nSPS) is 18.9. The largest absolute Gasteiger partial charge is 0.381 e. The number of hydrogen-bond donors (Lipinski definition) is 0. The molecule has 3 heteroatoms. The molecule has 1 aliphatic heterocycles. The fourth-order valence-electron chi connectivity index (χ4n) is 1.24. The van der Waals surface area contributed by atoms with Crippen molar-refractivity contribution in [2.45, 2.75) is 30.9 Å². The van der Waals surface area contributed by atoms with Crippen LogP contribution in [0, 0.1) is 11.3 Å². The van der Waals surface area contributed by atoms with Crippen LogP contribution in [0.3, 0.4) is 0 Å². The predicted molar refractivity (Wildman–Crippen MR) is 51.1 cm³/mol. The number of nitrogens with zero attached hydrogens (tertiary/aromatic N) is 1. The molecule has 0 aromatic rings. The highest BCUT2D eigenvalue weighted by Gasteiger charge is 2.12. The summed E-state index contributed by atoms with van der Waals surface area (Å²) in [5.41, 5.74) is 0. The van der Waals surface area contributed by atoms with E-state index in [-0.39, 0.29) is 0 Å². The van der Waals surface area contributed by atoms with Crippen LogP contribution < -0.4 is 0 Å². The van der Waals surface area contributed by atoms with Crippen LogP contribution in [-0.2, 0) is 4.74 Å². The van der Waals surface area contributed by atoms with Crippen LogP contribution in [0.1, 0.15) is 25.7 Å². The van der Waals surface area contributed by atoms with Crippen LogP contribution in [0.25, 0.3) is 0 Å². The summed E-state index contributed by atoms with van der Waals surface area (Å²) in [5, 5.41) is 9.11. The summed E-state index contributed by atoms with van der Waals surface area (Å²) in [6, 6.07) is 2.17. The van der Waals surface area contributed by atoms with Crippen LogP contribution >= 0.6 is 11.8 Å². The Morgan fingerprint density at radius 2 is 2.17 bits per heavy atom. The number of rotatable bonds is 4. The van der Waals surface area contributed by atoms with Gasteiger partial charge in [-0.25, -0.2) is 0 Å². The highest BCUT2D eigenvalue weighted by molar-refractivity contribution is 7.99. The van der Waals surface area contributed by atoms with Gasteiger partial charge in [-0.05, 0) is 25.0 Å². The van der Waals surface area contributed by atoms with Crippen LogP contribution in [0.15, 0.2) is 0 Å². The third kappa shape index (κ3) is 3.99. The monoisotopic (exact) mass is 185 g/mol. The average Bonchev–Trinajstić information content (AvgIpc) is 2.14. The van der Waals surface area contributed by atoms with Crippen LogP contribution in [0.5, 0.6) is 0 Å². The quantitative estimate of drug-likeness (QED) is 0.629. The molecular weight excluding hydrogens is 170 g/mol. The Morgan fingerprint density at radius 3 is 2.83 bits per heavy atom. The molecule has 1 saturated heterocycles. The number of nitriles is 1. The minimum Gasteiger partial charge on any atom is -0.381 e. The van der Waals surface area contributed by atoms with E-state index >= 15 is 0 Å². The lowest BCUT2D eigenvalue weighted by Gasteiger charge is -2.21. The van der Waals surface area contributed by atoms with Gasteiger partial charge in [0.25, 0.3) is 0 Å². The van der Waals surface area contributed by atoms with Crippen molar-refractivity contribution in [3.63, 3.8) is 0 Å². The first-order valence-electron chi connectivity index (χ1n) is 4.50. The summed E-state index contributed by atoms with van der Waals surface area (Å²) in [5.74, 6) is 1.14. The molecule has 0 bridgehead atoms. The molecule has 1 aliphatic rings. The van der Waals surface area contributed by atoms with E-state index in [9.17, 15) is 0 Å². The zero-order chi connectivity index (χ0) is 8.65. The number of thioether (sulfide) groups is 1. The van der Waals surface area contributed by atoms with Crippen molar-refractivity contribution >= 4 is 11.8 Å². The molecule has 0 N–H and O–H groups in total. The van der Waals surface area contributed by atoms with Crippen LogP contribution in [0.2, 0.25) is 0 Å². The maximum Gasteiger partial charge on any atom is 0.0622 e. The van der Waals surface area contributed by atoms with Crippen molar-refractivity contribution < 1.29 is 4.74 Å². The zero-order valence-corrected chi connectivity index (χ0v) is 8.11. The van der Waals surface area contributed by atoms with Gasteiger partial charge in [-0.3, -0.25) is 0 Å². The Labute approximate surface area is 78.3 Å². The fraction of sp³-hybridized carbons (Fsp3) is 0.889. The topological polar surface area (TPSA) is 33.0 Å². The van der Waals surface area contributed by atoms with Crippen molar-refractivity contribution in [1.82, 2.24) is 0 Å². The number of ether oxygens (including phenoxy) is 1. The molecule has 0 atom stereocenters. The maximum atomic E-state index is 8.32. The molecule has 1 heterocycles. The second-order valence-electron chi connectivity index (χ2n) is 2.94. The Kier molecular flexibility index (Phi) is 5.21. The molecule has 0 amide bonds. The third-order valence-electron chi connectivity index (χ3n) is 1.95. The van der Waals surface area contributed by atoms with Gasteiger partial charge in [-0.1, -0.05) is 0 Å². The lowest BCUT2D eigenvalue weighted by molar-refractivity contribution is 0.100. The summed E-state index contributed by atoms with van der Waals surface area (Å²) >= 11 is 2.01. The summed E-state index contributed by atoms with van der Waals surface area (Å²) in [7, 11) is 0. The van der Waals surface area contributed by atoms with Crippen molar-refractivity contribution in [2.24, 2.45) is 0 Å². The summed E-state index contributed by atoms with van der Waals surface area (Å²) < 4.78 is 5.26. The molecule has 0 aliphatic carbocycles. The van der Waals surface area contributed by atoms with Gasteiger partial charge >= 0.3 is 0 Å². The van der Waals surface area contributed by atoms with E-state index in [4.69, 9.17) is 10.00 Å². The Bertz CT molecular complexity index is 149. The van der Waals surface area contributed by atoms with Gasteiger partial charge in [-0.2, -0.15) is 17.0 Å². The van der Waals surface area contributed by atoms with E-state index < -0.39 is 0 Å². The van der Waals surface area contributed by atoms with E-state index in [0.717, 1.165) is 30.6 Å².